The molecule has 8 heteroatoms. The number of thioether (sulfide) groups is 2. The first kappa shape index (κ1) is 33.2. The zero-order valence-corrected chi connectivity index (χ0v) is 33.0. The summed E-state index contributed by atoms with van der Waals surface area (Å²) in [6, 6.07) is 25.0. The van der Waals surface area contributed by atoms with Crippen molar-refractivity contribution < 1.29 is 31.1 Å². The Morgan fingerprint density at radius 2 is 1.80 bits per heavy atom. The number of unbranched alkanes of at least 4 members (excludes halogenated alkanes) is 2. The first-order valence-electron chi connectivity index (χ1n) is 15.3. The molecule has 3 nitrogen and oxygen atoms in total. The first-order chi connectivity index (χ1) is 21.6. The Balaban J connectivity index is 0.00000357. The Morgan fingerprint density at radius 3 is 2.62 bits per heavy atom. The number of likely N-dealkylation sites (N-methyl/N-ethyl adjacent to an activating group) is 1. The quantitative estimate of drug-likeness (QED) is 0.0794. The summed E-state index contributed by atoms with van der Waals surface area (Å²) in [7, 11) is 2.40. The van der Waals surface area contributed by atoms with E-state index >= 15 is 0 Å². The van der Waals surface area contributed by atoms with Crippen LogP contribution >= 0.6 is 46.2 Å². The SMILES string of the molecule is CCN1/C(=C/[C-]=CC2Sc3ccc(-c4cccc5ccsc45)cc3[N+]2(C)CCCCC[NH-])Sc2ccc(-c3ccsc3)cc21.[U]. The number of nitrogens with zero attached hydrogens (tertiary/aromatic N) is 2. The molecule has 0 fully saturated rings. The molecule has 2 aromatic heterocycles. The molecule has 4 heterocycles. The average Bonchev–Trinajstić information content (AvgIpc) is 3.85. The first-order valence-corrected chi connectivity index (χ1v) is 18.8. The molecule has 45 heavy (non-hydrogen) atoms. The number of benzene rings is 3. The molecule has 7 rings (SSSR count). The van der Waals surface area contributed by atoms with Gasteiger partial charge in [0, 0.05) is 59.0 Å². The second kappa shape index (κ2) is 14.6. The van der Waals surface area contributed by atoms with Gasteiger partial charge in [-0.3, -0.25) is 4.48 Å². The number of hydrogen-bond acceptors (Lipinski definition) is 5. The zero-order chi connectivity index (χ0) is 30.1. The van der Waals surface area contributed by atoms with Crippen LogP contribution in [0.1, 0.15) is 26.2 Å². The van der Waals surface area contributed by atoms with Crippen LogP contribution in [0, 0.1) is 37.2 Å². The fraction of sp³-hybridized carbons (Fsp3) is 0.243. The normalized spacial score (nSPS) is 19.8. The molecule has 3 aromatic carbocycles. The van der Waals surface area contributed by atoms with E-state index in [1.807, 2.05) is 34.9 Å². The van der Waals surface area contributed by atoms with Gasteiger partial charge in [0.1, 0.15) is 11.1 Å². The summed E-state index contributed by atoms with van der Waals surface area (Å²) in [5, 5.41) is 9.36. The van der Waals surface area contributed by atoms with Crippen molar-refractivity contribution in [3.05, 3.63) is 112 Å². The van der Waals surface area contributed by atoms with E-state index in [4.69, 9.17) is 5.73 Å². The zero-order valence-electron chi connectivity index (χ0n) is 25.6. The summed E-state index contributed by atoms with van der Waals surface area (Å²) in [4.78, 5) is 5.09. The van der Waals surface area contributed by atoms with Crippen LogP contribution in [0.15, 0.2) is 110 Å². The number of fused-ring (bicyclic) bond motifs is 3. The molecule has 228 valence electrons. The van der Waals surface area contributed by atoms with Gasteiger partial charge >= 0.3 is 0 Å². The minimum absolute atomic E-state index is 0. The minimum atomic E-state index is 0. The molecule has 1 N–H and O–H groups in total. The van der Waals surface area contributed by atoms with E-state index in [0.29, 0.717) is 6.54 Å². The molecule has 2 aliphatic rings. The average molecular weight is 889 g/mol. The topological polar surface area (TPSA) is 27.0 Å². The van der Waals surface area contributed by atoms with Crippen LogP contribution in [0.3, 0.4) is 0 Å². The number of quaternary nitrogens is 1. The van der Waals surface area contributed by atoms with E-state index in [2.05, 4.69) is 120 Å². The standard InChI is InChI=1S/C37H36N3S4.U/c1-3-39-31-23-27(29-17-21-41-25-29)13-15-33(31)43-35(39)11-8-12-36-40(2,20-6-4-5-19-38)32-24-28(14-16-34(32)44-36)30-10-7-9-26-18-22-42-37(26)30;/h7,9-18,21-25,36,38H,3-6,19-20H2,1-2H3;/q-1;/b35-11-;. The van der Waals surface area contributed by atoms with Crippen LogP contribution in [-0.2, 0) is 0 Å². The second-order valence-electron chi connectivity index (χ2n) is 11.5. The van der Waals surface area contributed by atoms with Gasteiger partial charge in [-0.15, -0.1) is 17.4 Å². The molecule has 0 saturated carbocycles. The van der Waals surface area contributed by atoms with Gasteiger partial charge in [-0.2, -0.15) is 29.6 Å². The minimum Gasteiger partial charge on any atom is -0.677 e. The van der Waals surface area contributed by atoms with Crippen molar-refractivity contribution >= 4 is 67.7 Å². The van der Waals surface area contributed by atoms with Gasteiger partial charge in [0.25, 0.3) is 0 Å². The van der Waals surface area contributed by atoms with Crippen LogP contribution in [0.4, 0.5) is 11.4 Å². The molecule has 2 aliphatic heterocycles. The van der Waals surface area contributed by atoms with Gasteiger partial charge in [-0.25, -0.2) is 12.2 Å². The predicted molar refractivity (Wildman–Crippen MR) is 197 cm³/mol. The van der Waals surface area contributed by atoms with Crippen molar-refractivity contribution in [3.8, 4) is 22.3 Å². The molecular weight excluding hydrogens is 853 g/mol. The molecule has 2 atom stereocenters. The van der Waals surface area contributed by atoms with Gasteiger partial charge in [-0.1, -0.05) is 53.5 Å². The van der Waals surface area contributed by atoms with Gasteiger partial charge < -0.3 is 10.6 Å². The van der Waals surface area contributed by atoms with Crippen LogP contribution in [0.25, 0.3) is 38.1 Å². The summed E-state index contributed by atoms with van der Waals surface area (Å²) in [6.45, 7) is 4.72. The fourth-order valence-electron chi connectivity index (χ4n) is 6.32. The fourth-order valence-corrected chi connectivity index (χ4v) is 10.4. The van der Waals surface area contributed by atoms with Gasteiger partial charge in [0.05, 0.1) is 18.5 Å². The van der Waals surface area contributed by atoms with Crippen LogP contribution in [0.2, 0.25) is 0 Å². The van der Waals surface area contributed by atoms with E-state index in [-0.39, 0.29) is 36.5 Å². The Hall–Kier alpha value is -1.73. The molecular formula is C37H36N3S4U-. The summed E-state index contributed by atoms with van der Waals surface area (Å²) in [5.41, 5.74) is 15.5. The maximum absolute atomic E-state index is 7.64. The molecule has 2 unspecified atom stereocenters. The van der Waals surface area contributed by atoms with E-state index in [1.165, 1.54) is 58.5 Å². The van der Waals surface area contributed by atoms with E-state index in [9.17, 15) is 0 Å². The van der Waals surface area contributed by atoms with Crippen molar-refractivity contribution in [2.75, 3.05) is 31.6 Å². The van der Waals surface area contributed by atoms with Crippen molar-refractivity contribution in [3.63, 3.8) is 0 Å². The van der Waals surface area contributed by atoms with Crippen molar-refractivity contribution in [2.45, 2.75) is 41.4 Å². The van der Waals surface area contributed by atoms with E-state index in [1.54, 1.807) is 11.3 Å². The number of thiophene rings is 2. The molecule has 0 radical (unpaired) electrons. The number of rotatable bonds is 10. The van der Waals surface area contributed by atoms with E-state index in [0.717, 1.165) is 36.8 Å². The largest absolute Gasteiger partial charge is 0.677 e. The van der Waals surface area contributed by atoms with Crippen molar-refractivity contribution in [2.24, 2.45) is 0 Å². The molecule has 0 aliphatic carbocycles. The molecule has 0 bridgehead atoms. The predicted octanol–water partition coefficient (Wildman–Crippen LogP) is 11.7. The van der Waals surface area contributed by atoms with Gasteiger partial charge in [0.2, 0.25) is 0 Å². The molecule has 0 saturated heterocycles. The van der Waals surface area contributed by atoms with Crippen molar-refractivity contribution in [1.29, 1.82) is 0 Å². The second-order valence-corrected chi connectivity index (χ2v) is 15.4. The number of nitrogens with one attached hydrogen (secondary N) is 1. The third-order valence-corrected chi connectivity index (χ3v) is 13.0. The van der Waals surface area contributed by atoms with Crippen LogP contribution in [0.5, 0.6) is 0 Å². The van der Waals surface area contributed by atoms with Gasteiger partial charge in [0.15, 0.2) is 0 Å². The molecule has 5 aromatic rings. The van der Waals surface area contributed by atoms with Crippen molar-refractivity contribution in [1.82, 2.24) is 4.48 Å². The van der Waals surface area contributed by atoms with Crippen LogP contribution in [-0.4, -0.2) is 32.1 Å². The third-order valence-electron chi connectivity index (χ3n) is 8.75. The monoisotopic (exact) mass is 888 g/mol. The Morgan fingerprint density at radius 1 is 0.933 bits per heavy atom. The Bertz CT molecular complexity index is 1840. The number of hydrogen-bond donors (Lipinski definition) is 0. The Labute approximate surface area is 307 Å². The van der Waals surface area contributed by atoms with Crippen LogP contribution < -0.4 is 9.38 Å². The van der Waals surface area contributed by atoms with E-state index < -0.39 is 0 Å². The summed E-state index contributed by atoms with van der Waals surface area (Å²) >= 11 is 7.38. The maximum Gasteiger partial charge on any atom is 0.148 e. The smallest absolute Gasteiger partial charge is 0.148 e. The Kier molecular flexibility index (Phi) is 10.8. The third kappa shape index (κ3) is 6.55. The number of allylic oxidation sites excluding steroid dienone is 2. The summed E-state index contributed by atoms with van der Waals surface area (Å²) in [6.07, 6.45) is 11.3. The summed E-state index contributed by atoms with van der Waals surface area (Å²) in [5.74, 6) is 0. The number of anilines is 1. The maximum atomic E-state index is 7.64. The molecule has 0 spiro atoms. The molecule has 0 amide bonds. The summed E-state index contributed by atoms with van der Waals surface area (Å²) < 4.78 is 2.22. The van der Waals surface area contributed by atoms with Gasteiger partial charge in [-0.05, 0) is 93.9 Å².